The van der Waals surface area contributed by atoms with E-state index in [2.05, 4.69) is 15.4 Å². The Morgan fingerprint density at radius 1 is 0.860 bits per heavy atom. The molecule has 1 aliphatic carbocycles. The van der Waals surface area contributed by atoms with Crippen LogP contribution in [0.4, 0.5) is 11.4 Å². The molecular formula is C22H29Cl3N6O8S4. The lowest BCUT2D eigenvalue weighted by Crippen LogP contribution is -2.47. The number of alkyl halides is 1. The topological polar surface area (TPSA) is 228 Å². The molecule has 2 aromatic rings. The molecule has 1 saturated carbocycles. The summed E-state index contributed by atoms with van der Waals surface area (Å²) in [6.07, 6.45) is 4.15. The number of sulfonamides is 4. The Kier molecular flexibility index (Phi) is 9.92. The van der Waals surface area contributed by atoms with Crippen molar-refractivity contribution in [1.82, 2.24) is 9.03 Å². The van der Waals surface area contributed by atoms with Crippen molar-refractivity contribution in [2.24, 2.45) is 16.2 Å². The van der Waals surface area contributed by atoms with Crippen molar-refractivity contribution in [3.8, 4) is 0 Å². The Balaban J connectivity index is 0.000000199. The van der Waals surface area contributed by atoms with Gasteiger partial charge in [-0.15, -0.1) is 11.6 Å². The van der Waals surface area contributed by atoms with E-state index in [-0.39, 0.29) is 31.4 Å². The van der Waals surface area contributed by atoms with Crippen LogP contribution in [0.1, 0.15) is 32.1 Å². The van der Waals surface area contributed by atoms with Crippen molar-refractivity contribution in [2.45, 2.75) is 64.0 Å². The number of rotatable bonds is 5. The lowest BCUT2D eigenvalue weighted by atomic mass is 10.0. The molecule has 1 unspecified atom stereocenters. The van der Waals surface area contributed by atoms with Crippen LogP contribution in [0.25, 0.3) is 0 Å². The molecule has 1 fully saturated rings. The van der Waals surface area contributed by atoms with Gasteiger partial charge in [0.05, 0.1) is 33.5 Å². The van der Waals surface area contributed by atoms with Crippen LogP contribution in [-0.2, 0) is 40.1 Å². The summed E-state index contributed by atoms with van der Waals surface area (Å²) >= 11 is 17.5. The van der Waals surface area contributed by atoms with Crippen LogP contribution >= 0.6 is 34.8 Å². The van der Waals surface area contributed by atoms with Gasteiger partial charge in [-0.3, -0.25) is 0 Å². The average Bonchev–Trinajstić information content (AvgIpc) is 3.37. The van der Waals surface area contributed by atoms with E-state index in [0.29, 0.717) is 18.0 Å². The minimum atomic E-state index is -4.12. The van der Waals surface area contributed by atoms with Gasteiger partial charge in [0.15, 0.2) is 0 Å². The van der Waals surface area contributed by atoms with Crippen molar-refractivity contribution in [2.75, 3.05) is 23.6 Å². The minimum Gasteiger partial charge on any atom is -0.368 e. The van der Waals surface area contributed by atoms with Gasteiger partial charge in [-0.1, -0.05) is 48.9 Å². The molecule has 5 rings (SSSR count). The first-order valence-corrected chi connectivity index (χ1v) is 19.9. The van der Waals surface area contributed by atoms with Crippen LogP contribution in [0.3, 0.4) is 0 Å². The summed E-state index contributed by atoms with van der Waals surface area (Å²) < 4.78 is 98.8. The summed E-state index contributed by atoms with van der Waals surface area (Å²) in [6.45, 7) is 0. The third-order valence-corrected chi connectivity index (χ3v) is 13.7. The van der Waals surface area contributed by atoms with Gasteiger partial charge in [0.1, 0.15) is 25.7 Å². The Hall–Kier alpha value is -1.45. The number of nitrogens with zero attached hydrogens (tertiary/aromatic N) is 1. The molecule has 14 nitrogen and oxygen atoms in total. The standard InChI is InChI=1S/C13H18ClN3O4S2.C9H11Cl2N3O4S2/c14-9-6-10-12(7-11(9)22(15,18)19)23(20,21)17-13(16-10)5-8-3-1-2-4-8;1-14-9(4-10)13-6-2-5(11)7(19(12,15)16)3-8(6)20(14,17)18/h6-8,13,16-17H,1-5H2,(H2,15,18,19);2-3,9,13H,4H2,1H3,(H2,12,15,16)/t;9-/m.0/s1. The van der Waals surface area contributed by atoms with Crippen LogP contribution in [0.5, 0.6) is 0 Å². The summed E-state index contributed by atoms with van der Waals surface area (Å²) in [5.74, 6) is 0.500. The van der Waals surface area contributed by atoms with E-state index in [9.17, 15) is 33.7 Å². The quantitative estimate of drug-likeness (QED) is 0.281. The van der Waals surface area contributed by atoms with E-state index in [1.807, 2.05) is 0 Å². The van der Waals surface area contributed by atoms with Crippen molar-refractivity contribution < 1.29 is 33.7 Å². The van der Waals surface area contributed by atoms with Crippen molar-refractivity contribution in [3.63, 3.8) is 0 Å². The minimum absolute atomic E-state index is 0.0176. The molecule has 0 spiro atoms. The van der Waals surface area contributed by atoms with Crippen LogP contribution < -0.4 is 25.6 Å². The molecule has 43 heavy (non-hydrogen) atoms. The highest BCUT2D eigenvalue weighted by atomic mass is 35.5. The number of nitrogens with one attached hydrogen (secondary N) is 3. The maximum Gasteiger partial charge on any atom is 0.246 e. The monoisotopic (exact) mass is 738 g/mol. The smallest absolute Gasteiger partial charge is 0.246 e. The Morgan fingerprint density at radius 2 is 1.35 bits per heavy atom. The second-order valence-corrected chi connectivity index (χ2v) is 18.0. The van der Waals surface area contributed by atoms with Gasteiger partial charge in [-0.25, -0.2) is 43.9 Å². The number of anilines is 2. The average molecular weight is 740 g/mol. The molecule has 2 heterocycles. The number of benzene rings is 2. The van der Waals surface area contributed by atoms with Crippen LogP contribution in [-0.4, -0.2) is 63.2 Å². The van der Waals surface area contributed by atoms with Gasteiger partial charge < -0.3 is 10.6 Å². The predicted octanol–water partition coefficient (Wildman–Crippen LogP) is 2.20. The largest absolute Gasteiger partial charge is 0.368 e. The third-order valence-electron chi connectivity index (χ3n) is 7.21. The fourth-order valence-corrected chi connectivity index (χ4v) is 10.5. The Bertz CT molecular complexity index is 1870. The first-order chi connectivity index (χ1) is 19.8. The highest BCUT2D eigenvalue weighted by Gasteiger charge is 2.37. The summed E-state index contributed by atoms with van der Waals surface area (Å²) in [5, 5.41) is 15.8. The fraction of sp³-hybridized carbons (Fsp3) is 0.455. The normalized spacial score (nSPS) is 23.2. The van der Waals surface area contributed by atoms with Crippen molar-refractivity contribution in [1.29, 1.82) is 0 Å². The van der Waals surface area contributed by atoms with Gasteiger partial charge in [0.25, 0.3) is 0 Å². The zero-order valence-electron chi connectivity index (χ0n) is 22.4. The molecule has 240 valence electrons. The molecular weight excluding hydrogens is 711 g/mol. The van der Waals surface area contributed by atoms with Crippen LogP contribution in [0, 0.1) is 5.92 Å². The summed E-state index contributed by atoms with van der Waals surface area (Å²) in [6, 6.07) is 4.45. The number of hydrogen-bond acceptors (Lipinski definition) is 10. The number of nitrogens with two attached hydrogens (primary N) is 2. The van der Waals surface area contributed by atoms with Gasteiger partial charge >= 0.3 is 0 Å². The molecule has 0 bridgehead atoms. The van der Waals surface area contributed by atoms with E-state index in [1.165, 1.54) is 32.0 Å². The van der Waals surface area contributed by atoms with E-state index < -0.39 is 62.2 Å². The SMILES string of the molecule is CN1[C@@H](CCl)Nc2cc(Cl)c(S(N)(=O)=O)cc2S1(=O)=O.NS(=O)(=O)c1cc2c(cc1Cl)NC(CC1CCCC1)NS2(=O)=O. The van der Waals surface area contributed by atoms with Crippen LogP contribution in [0.15, 0.2) is 43.8 Å². The third kappa shape index (κ3) is 7.35. The number of halogens is 3. The van der Waals surface area contributed by atoms with Gasteiger partial charge in [0.2, 0.25) is 40.1 Å². The molecule has 2 aliphatic heterocycles. The van der Waals surface area contributed by atoms with Gasteiger partial charge in [-0.05, 0) is 36.6 Å². The molecule has 3 aliphatic rings. The highest BCUT2D eigenvalue weighted by Crippen LogP contribution is 2.38. The first kappa shape index (κ1) is 34.4. The molecule has 2 atom stereocenters. The summed E-state index contributed by atoms with van der Waals surface area (Å²) in [7, 11) is -14.6. The molecule has 0 saturated heterocycles. The summed E-state index contributed by atoms with van der Waals surface area (Å²) in [4.78, 5) is -1.22. The van der Waals surface area contributed by atoms with E-state index in [4.69, 9.17) is 45.1 Å². The van der Waals surface area contributed by atoms with E-state index in [1.54, 1.807) is 0 Å². The zero-order chi connectivity index (χ0) is 32.1. The Morgan fingerprint density at radius 3 is 1.84 bits per heavy atom. The number of fused-ring (bicyclic) bond motifs is 2. The second-order valence-electron chi connectivity index (χ2n) is 10.2. The van der Waals surface area contributed by atoms with Crippen molar-refractivity contribution in [3.05, 3.63) is 34.3 Å². The second kappa shape index (κ2) is 12.4. The molecule has 2 aromatic carbocycles. The fourth-order valence-electron chi connectivity index (χ4n) is 5.05. The summed E-state index contributed by atoms with van der Waals surface area (Å²) in [5.41, 5.74) is 0.482. The number of primary sulfonamides is 2. The van der Waals surface area contributed by atoms with E-state index >= 15 is 0 Å². The lowest BCUT2D eigenvalue weighted by molar-refractivity contribution is 0.411. The van der Waals surface area contributed by atoms with Crippen molar-refractivity contribution >= 4 is 86.3 Å². The van der Waals surface area contributed by atoms with Gasteiger partial charge in [0, 0.05) is 7.05 Å². The predicted molar refractivity (Wildman–Crippen MR) is 163 cm³/mol. The molecule has 7 N–H and O–H groups in total. The maximum absolute atomic E-state index is 12.4. The molecule has 21 heteroatoms. The number of hydrogen-bond donors (Lipinski definition) is 5. The Labute approximate surface area is 265 Å². The van der Waals surface area contributed by atoms with Gasteiger partial charge in [-0.2, -0.15) is 9.03 Å². The molecule has 0 aromatic heterocycles. The maximum atomic E-state index is 12.4. The van der Waals surface area contributed by atoms with E-state index in [0.717, 1.165) is 29.3 Å². The first-order valence-electron chi connectivity index (χ1n) is 12.6. The highest BCUT2D eigenvalue weighted by molar-refractivity contribution is 7.90. The lowest BCUT2D eigenvalue weighted by Gasteiger charge is -2.33. The zero-order valence-corrected chi connectivity index (χ0v) is 28.0. The van der Waals surface area contributed by atoms with Crippen LogP contribution in [0.2, 0.25) is 10.0 Å². The molecule has 0 radical (unpaired) electrons. The molecule has 0 amide bonds.